The number of likely N-dealkylation sites (tertiary alicyclic amines) is 1. The Bertz CT molecular complexity index is 403. The summed E-state index contributed by atoms with van der Waals surface area (Å²) in [6, 6.07) is 0. The summed E-state index contributed by atoms with van der Waals surface area (Å²) in [6.07, 6.45) is 3.95. The smallest absolute Gasteiger partial charge is 0.313 e. The number of rotatable bonds is 6. The molecule has 1 heterocycles. The van der Waals surface area contributed by atoms with Crippen LogP contribution in [0.25, 0.3) is 0 Å². The molecule has 120 valence electrons. The Morgan fingerprint density at radius 1 is 1.05 bits per heavy atom. The molecular formula is C15H25NO5. The maximum Gasteiger partial charge on any atom is 0.313 e. The predicted octanol–water partition coefficient (Wildman–Crippen LogP) is 1.14. The number of nitrogens with zero attached hydrogens (tertiary/aromatic N) is 1. The Morgan fingerprint density at radius 3 is 2.10 bits per heavy atom. The molecule has 1 amide bonds. The summed E-state index contributed by atoms with van der Waals surface area (Å²) >= 11 is 0. The van der Waals surface area contributed by atoms with Gasteiger partial charge in [0, 0.05) is 27.3 Å². The number of aliphatic carboxylic acids is 1. The van der Waals surface area contributed by atoms with Crippen LogP contribution in [0.4, 0.5) is 0 Å². The van der Waals surface area contributed by atoms with E-state index in [0.29, 0.717) is 26.0 Å². The van der Waals surface area contributed by atoms with Gasteiger partial charge in [-0.1, -0.05) is 6.42 Å². The zero-order valence-electron chi connectivity index (χ0n) is 12.9. The van der Waals surface area contributed by atoms with Gasteiger partial charge < -0.3 is 19.5 Å². The minimum absolute atomic E-state index is 0.0528. The fraction of sp³-hybridized carbons (Fsp3) is 0.867. The number of methoxy groups -OCH3 is 2. The molecule has 0 radical (unpaired) electrons. The van der Waals surface area contributed by atoms with Gasteiger partial charge in [0.25, 0.3) is 0 Å². The van der Waals surface area contributed by atoms with Gasteiger partial charge in [-0.3, -0.25) is 9.59 Å². The normalized spacial score (nSPS) is 28.0. The van der Waals surface area contributed by atoms with Crippen LogP contribution in [-0.2, 0) is 19.1 Å². The van der Waals surface area contributed by atoms with Crippen molar-refractivity contribution in [2.75, 3.05) is 40.5 Å². The number of hydrogen-bond donors (Lipinski definition) is 1. The lowest BCUT2D eigenvalue weighted by atomic mass is 9.67. The second kappa shape index (κ2) is 6.32. The van der Waals surface area contributed by atoms with Crippen molar-refractivity contribution in [2.24, 2.45) is 10.8 Å². The second-order valence-electron chi connectivity index (χ2n) is 6.42. The van der Waals surface area contributed by atoms with E-state index in [1.807, 2.05) is 0 Å². The van der Waals surface area contributed by atoms with Crippen LogP contribution in [0, 0.1) is 10.8 Å². The first-order chi connectivity index (χ1) is 9.99. The predicted molar refractivity (Wildman–Crippen MR) is 75.9 cm³/mol. The number of carboxylic acid groups (broad SMARTS) is 1. The Labute approximate surface area is 125 Å². The number of carboxylic acids is 1. The molecule has 1 saturated carbocycles. The Hall–Kier alpha value is -1.14. The first-order valence-electron chi connectivity index (χ1n) is 7.50. The van der Waals surface area contributed by atoms with Crippen molar-refractivity contribution in [1.82, 2.24) is 4.90 Å². The first-order valence-corrected chi connectivity index (χ1v) is 7.50. The highest BCUT2D eigenvalue weighted by Gasteiger charge is 2.50. The lowest BCUT2D eigenvalue weighted by molar-refractivity contribution is -0.165. The lowest BCUT2D eigenvalue weighted by Crippen LogP contribution is -2.57. The van der Waals surface area contributed by atoms with Gasteiger partial charge in [0.05, 0.1) is 18.6 Å². The molecule has 1 aliphatic heterocycles. The molecule has 1 atom stereocenters. The summed E-state index contributed by atoms with van der Waals surface area (Å²) in [5.41, 5.74) is -1.40. The van der Waals surface area contributed by atoms with Crippen molar-refractivity contribution in [1.29, 1.82) is 0 Å². The van der Waals surface area contributed by atoms with Crippen LogP contribution in [0.15, 0.2) is 0 Å². The van der Waals surface area contributed by atoms with Gasteiger partial charge in [-0.25, -0.2) is 0 Å². The van der Waals surface area contributed by atoms with Gasteiger partial charge in [-0.05, 0) is 25.7 Å². The summed E-state index contributed by atoms with van der Waals surface area (Å²) in [7, 11) is 3.11. The quantitative estimate of drug-likeness (QED) is 0.796. The van der Waals surface area contributed by atoms with E-state index in [-0.39, 0.29) is 19.1 Å². The molecule has 0 aromatic heterocycles. The number of carbonyl (C=O) groups excluding carboxylic acids is 1. The van der Waals surface area contributed by atoms with E-state index < -0.39 is 16.8 Å². The molecule has 6 nitrogen and oxygen atoms in total. The van der Waals surface area contributed by atoms with Crippen LogP contribution in [0.1, 0.15) is 32.1 Å². The molecule has 2 rings (SSSR count). The maximum atomic E-state index is 12.8. The first kappa shape index (κ1) is 16.2. The number of piperidine rings is 1. The molecule has 0 aromatic rings. The maximum absolute atomic E-state index is 12.8. The third-order valence-electron chi connectivity index (χ3n) is 4.92. The number of ether oxygens (including phenoxy) is 2. The van der Waals surface area contributed by atoms with E-state index in [0.717, 1.165) is 19.3 Å². The highest BCUT2D eigenvalue weighted by atomic mass is 16.5. The van der Waals surface area contributed by atoms with Gasteiger partial charge in [-0.2, -0.15) is 0 Å². The van der Waals surface area contributed by atoms with Crippen LogP contribution < -0.4 is 0 Å². The molecule has 21 heavy (non-hydrogen) atoms. The van der Waals surface area contributed by atoms with Crippen molar-refractivity contribution < 1.29 is 24.2 Å². The van der Waals surface area contributed by atoms with Crippen molar-refractivity contribution in [3.05, 3.63) is 0 Å². The monoisotopic (exact) mass is 299 g/mol. The molecule has 0 bridgehead atoms. The molecular weight excluding hydrogens is 274 g/mol. The molecule has 1 aliphatic carbocycles. The van der Waals surface area contributed by atoms with Gasteiger partial charge in [0.1, 0.15) is 5.41 Å². The average molecular weight is 299 g/mol. The Morgan fingerprint density at radius 2 is 1.62 bits per heavy atom. The topological polar surface area (TPSA) is 76.1 Å². The van der Waals surface area contributed by atoms with Crippen molar-refractivity contribution in [3.8, 4) is 0 Å². The average Bonchev–Trinajstić information content (AvgIpc) is 2.42. The fourth-order valence-electron chi connectivity index (χ4n) is 3.57. The number of hydrogen-bond acceptors (Lipinski definition) is 4. The van der Waals surface area contributed by atoms with Gasteiger partial charge >= 0.3 is 5.97 Å². The van der Waals surface area contributed by atoms with E-state index in [1.165, 1.54) is 7.11 Å². The van der Waals surface area contributed by atoms with E-state index in [2.05, 4.69) is 0 Å². The zero-order valence-corrected chi connectivity index (χ0v) is 12.9. The minimum atomic E-state index is -0.972. The minimum Gasteiger partial charge on any atom is -0.481 e. The van der Waals surface area contributed by atoms with Gasteiger partial charge in [0.2, 0.25) is 5.91 Å². The van der Waals surface area contributed by atoms with E-state index in [4.69, 9.17) is 9.47 Å². The van der Waals surface area contributed by atoms with Crippen LogP contribution in [-0.4, -0.2) is 62.4 Å². The third-order valence-corrected chi connectivity index (χ3v) is 4.92. The van der Waals surface area contributed by atoms with Gasteiger partial charge in [0.15, 0.2) is 0 Å². The molecule has 0 aromatic carbocycles. The van der Waals surface area contributed by atoms with Gasteiger partial charge in [-0.15, -0.1) is 0 Å². The Balaban J connectivity index is 2.13. The molecule has 2 aliphatic rings. The highest BCUT2D eigenvalue weighted by Crippen LogP contribution is 2.44. The van der Waals surface area contributed by atoms with Crippen LogP contribution in [0.5, 0.6) is 0 Å². The SMILES string of the molecule is COCC1(C(=O)O)CCCN(C(=O)C2(COC)CCC2)C1. The zero-order chi connectivity index (χ0) is 15.5. The standard InChI is InChI=1S/C15H25NO5/c1-20-10-14(5-3-6-14)12(17)16-8-4-7-15(9-16,11-21-2)13(18)19/h3-11H2,1-2H3,(H,18,19). The van der Waals surface area contributed by atoms with E-state index >= 15 is 0 Å². The van der Waals surface area contributed by atoms with E-state index in [1.54, 1.807) is 12.0 Å². The van der Waals surface area contributed by atoms with Crippen LogP contribution in [0.3, 0.4) is 0 Å². The van der Waals surface area contributed by atoms with E-state index in [9.17, 15) is 14.7 Å². The van der Waals surface area contributed by atoms with Crippen molar-refractivity contribution in [3.63, 3.8) is 0 Å². The van der Waals surface area contributed by atoms with Crippen LogP contribution in [0.2, 0.25) is 0 Å². The molecule has 1 N–H and O–H groups in total. The molecule has 1 saturated heterocycles. The number of amides is 1. The molecule has 6 heteroatoms. The third kappa shape index (κ3) is 2.92. The summed E-state index contributed by atoms with van der Waals surface area (Å²) in [6.45, 7) is 1.43. The molecule has 0 spiro atoms. The highest BCUT2D eigenvalue weighted by molar-refractivity contribution is 5.85. The summed E-state index contributed by atoms with van der Waals surface area (Å²) in [4.78, 5) is 26.2. The Kier molecular flexibility index (Phi) is 4.88. The molecule has 1 unspecified atom stereocenters. The largest absolute Gasteiger partial charge is 0.481 e. The molecule has 2 fully saturated rings. The fourth-order valence-corrected chi connectivity index (χ4v) is 3.57. The summed E-state index contributed by atoms with van der Waals surface area (Å²) in [5, 5.41) is 9.55. The van der Waals surface area contributed by atoms with Crippen molar-refractivity contribution >= 4 is 11.9 Å². The number of carbonyl (C=O) groups is 2. The summed E-state index contributed by atoms with van der Waals surface area (Å²) < 4.78 is 10.3. The lowest BCUT2D eigenvalue weighted by Gasteiger charge is -2.47. The summed E-state index contributed by atoms with van der Waals surface area (Å²) in [5.74, 6) is -0.826. The van der Waals surface area contributed by atoms with Crippen LogP contribution >= 0.6 is 0 Å². The van der Waals surface area contributed by atoms with Crippen molar-refractivity contribution in [2.45, 2.75) is 32.1 Å². The second-order valence-corrected chi connectivity index (χ2v) is 6.42.